The first-order chi connectivity index (χ1) is 10.4. The number of pyridine rings is 1. The minimum absolute atomic E-state index is 0.162. The molecule has 0 atom stereocenters. The Balaban J connectivity index is 1.83. The molecule has 0 unspecified atom stereocenters. The first kappa shape index (κ1) is 15.6. The van der Waals surface area contributed by atoms with E-state index in [0.29, 0.717) is 36.5 Å². The van der Waals surface area contributed by atoms with Gasteiger partial charge in [-0.25, -0.2) is 4.98 Å². The van der Waals surface area contributed by atoms with Crippen molar-refractivity contribution in [3.05, 3.63) is 35.2 Å². The van der Waals surface area contributed by atoms with E-state index < -0.39 is 11.7 Å². The molecule has 116 valence electrons. The number of alkyl halides is 3. The molecule has 6 nitrogen and oxygen atoms in total. The number of aromatic nitrogens is 3. The first-order valence-corrected chi connectivity index (χ1v) is 6.41. The third-order valence-electron chi connectivity index (χ3n) is 2.98. The number of nitrogens with two attached hydrogens (primary N) is 1. The summed E-state index contributed by atoms with van der Waals surface area (Å²) in [5.74, 6) is 0.521. The zero-order chi connectivity index (χ0) is 16.2. The maximum atomic E-state index is 12.4. The Bertz CT molecular complexity index is 669. The molecule has 2 heterocycles. The van der Waals surface area contributed by atoms with E-state index in [1.54, 1.807) is 0 Å². The van der Waals surface area contributed by atoms with E-state index >= 15 is 0 Å². The van der Waals surface area contributed by atoms with Crippen LogP contribution in [0.1, 0.15) is 23.2 Å². The number of nitrogen functional groups attached to an aromatic ring is 1. The lowest BCUT2D eigenvalue weighted by atomic mass is 10.1. The smallest absolute Gasteiger partial charge is 0.381 e. The summed E-state index contributed by atoms with van der Waals surface area (Å²) in [5, 5.41) is 18.2. The molecule has 0 amide bonds. The molecule has 2 aromatic rings. The van der Waals surface area contributed by atoms with Crippen LogP contribution in [0.25, 0.3) is 0 Å². The Hall–Kier alpha value is -2.76. The quantitative estimate of drug-likeness (QED) is 0.735. The minimum atomic E-state index is -4.39. The fourth-order valence-corrected chi connectivity index (χ4v) is 1.85. The highest BCUT2D eigenvalue weighted by molar-refractivity contribution is 5.50. The number of aryl methyl sites for hydroxylation is 1. The fourth-order valence-electron chi connectivity index (χ4n) is 1.85. The van der Waals surface area contributed by atoms with Gasteiger partial charge in [-0.05, 0) is 25.0 Å². The number of nitrogens with zero attached hydrogens (tertiary/aromatic N) is 3. The van der Waals surface area contributed by atoms with Gasteiger partial charge >= 0.3 is 6.18 Å². The predicted octanol–water partition coefficient (Wildman–Crippen LogP) is 2.32. The molecule has 2 aromatic heterocycles. The zero-order valence-corrected chi connectivity index (χ0v) is 11.4. The predicted molar refractivity (Wildman–Crippen MR) is 73.8 cm³/mol. The molecule has 0 radical (unpaired) electrons. The van der Waals surface area contributed by atoms with Crippen molar-refractivity contribution in [1.29, 1.82) is 5.26 Å². The number of nitriles is 1. The Morgan fingerprint density at radius 3 is 2.73 bits per heavy atom. The van der Waals surface area contributed by atoms with Crippen LogP contribution in [-0.4, -0.2) is 21.7 Å². The number of aromatic amines is 1. The molecule has 0 aliphatic carbocycles. The second kappa shape index (κ2) is 6.34. The SMILES string of the molecule is N#Cc1c(N)n[nH]c1CCCNc1ccc(C(F)(F)F)cn1. The largest absolute Gasteiger partial charge is 0.417 e. The fraction of sp³-hybridized carbons (Fsp3) is 0.308. The van der Waals surface area contributed by atoms with Gasteiger partial charge in [-0.3, -0.25) is 5.10 Å². The van der Waals surface area contributed by atoms with Gasteiger partial charge < -0.3 is 11.1 Å². The lowest BCUT2D eigenvalue weighted by molar-refractivity contribution is -0.137. The Morgan fingerprint density at radius 2 is 2.14 bits per heavy atom. The minimum Gasteiger partial charge on any atom is -0.381 e. The van der Waals surface area contributed by atoms with Crippen LogP contribution >= 0.6 is 0 Å². The van der Waals surface area contributed by atoms with Gasteiger partial charge in [-0.2, -0.15) is 23.5 Å². The summed E-state index contributed by atoms with van der Waals surface area (Å²) in [4.78, 5) is 3.70. The number of rotatable bonds is 5. The van der Waals surface area contributed by atoms with Gasteiger partial charge in [-0.1, -0.05) is 0 Å². The molecule has 0 fully saturated rings. The highest BCUT2D eigenvalue weighted by atomic mass is 19.4. The Labute approximate surface area is 124 Å². The number of halogens is 3. The van der Waals surface area contributed by atoms with Crippen molar-refractivity contribution in [2.75, 3.05) is 17.6 Å². The summed E-state index contributed by atoms with van der Waals surface area (Å²) in [7, 11) is 0. The van der Waals surface area contributed by atoms with Crippen molar-refractivity contribution in [3.8, 4) is 6.07 Å². The number of H-pyrrole nitrogens is 1. The molecule has 0 spiro atoms. The van der Waals surface area contributed by atoms with Crippen molar-refractivity contribution in [2.45, 2.75) is 19.0 Å². The van der Waals surface area contributed by atoms with Crippen LogP contribution in [0.2, 0.25) is 0 Å². The molecule has 0 aromatic carbocycles. The van der Waals surface area contributed by atoms with E-state index in [1.807, 2.05) is 6.07 Å². The van der Waals surface area contributed by atoms with Crippen LogP contribution in [0.3, 0.4) is 0 Å². The molecule has 22 heavy (non-hydrogen) atoms. The van der Waals surface area contributed by atoms with Crippen molar-refractivity contribution in [2.24, 2.45) is 0 Å². The summed E-state index contributed by atoms with van der Waals surface area (Å²) in [5.41, 5.74) is 5.69. The second-order valence-corrected chi connectivity index (χ2v) is 4.53. The molecule has 0 aliphatic heterocycles. The van der Waals surface area contributed by atoms with E-state index in [0.717, 1.165) is 12.3 Å². The van der Waals surface area contributed by atoms with Gasteiger partial charge in [0.2, 0.25) is 0 Å². The number of hydrogen-bond acceptors (Lipinski definition) is 5. The van der Waals surface area contributed by atoms with Crippen molar-refractivity contribution in [1.82, 2.24) is 15.2 Å². The summed E-state index contributed by atoms with van der Waals surface area (Å²) in [6.45, 7) is 0.488. The van der Waals surface area contributed by atoms with Crippen molar-refractivity contribution >= 4 is 11.6 Å². The normalized spacial score (nSPS) is 11.2. The van der Waals surface area contributed by atoms with Crippen LogP contribution in [-0.2, 0) is 12.6 Å². The molecule has 9 heteroatoms. The second-order valence-electron chi connectivity index (χ2n) is 4.53. The van der Waals surface area contributed by atoms with Gasteiger partial charge in [-0.15, -0.1) is 0 Å². The Kier molecular flexibility index (Phi) is 4.50. The van der Waals surface area contributed by atoms with Gasteiger partial charge in [0.25, 0.3) is 0 Å². The number of anilines is 2. The van der Waals surface area contributed by atoms with E-state index in [1.165, 1.54) is 6.07 Å². The van der Waals surface area contributed by atoms with Crippen LogP contribution in [0.4, 0.5) is 24.8 Å². The summed E-state index contributed by atoms with van der Waals surface area (Å²) in [6.07, 6.45) is -2.43. The zero-order valence-electron chi connectivity index (χ0n) is 11.4. The van der Waals surface area contributed by atoms with Gasteiger partial charge in [0.1, 0.15) is 17.5 Å². The molecule has 0 bridgehead atoms. The van der Waals surface area contributed by atoms with Crippen LogP contribution in [0.15, 0.2) is 18.3 Å². The maximum absolute atomic E-state index is 12.4. The molecule has 2 rings (SSSR count). The van der Waals surface area contributed by atoms with E-state index in [2.05, 4.69) is 20.5 Å². The average Bonchev–Trinajstić information content (AvgIpc) is 2.83. The summed E-state index contributed by atoms with van der Waals surface area (Å²) >= 11 is 0. The van der Waals surface area contributed by atoms with E-state index in [9.17, 15) is 13.2 Å². The maximum Gasteiger partial charge on any atom is 0.417 e. The summed E-state index contributed by atoms with van der Waals surface area (Å²) < 4.78 is 37.1. The third-order valence-corrected chi connectivity index (χ3v) is 2.98. The van der Waals surface area contributed by atoms with Crippen molar-refractivity contribution < 1.29 is 13.2 Å². The standard InChI is InChI=1S/C13H13F3N6/c14-13(15,16)8-3-4-11(20-7-8)19-5-1-2-10-9(6-17)12(18)22-21-10/h3-4,7H,1-2,5H2,(H,19,20)(H3,18,21,22). The highest BCUT2D eigenvalue weighted by Crippen LogP contribution is 2.28. The van der Waals surface area contributed by atoms with Crippen LogP contribution < -0.4 is 11.1 Å². The molecule has 0 aliphatic rings. The van der Waals surface area contributed by atoms with Gasteiger partial charge in [0.15, 0.2) is 5.82 Å². The molecular weight excluding hydrogens is 297 g/mol. The van der Waals surface area contributed by atoms with E-state index in [-0.39, 0.29) is 5.82 Å². The number of hydrogen-bond donors (Lipinski definition) is 3. The van der Waals surface area contributed by atoms with Gasteiger partial charge in [0.05, 0.1) is 11.3 Å². The summed E-state index contributed by atoms with van der Waals surface area (Å²) in [6, 6.07) is 4.21. The molecule has 0 saturated carbocycles. The van der Waals surface area contributed by atoms with Crippen LogP contribution in [0, 0.1) is 11.3 Å². The van der Waals surface area contributed by atoms with Crippen LogP contribution in [0.5, 0.6) is 0 Å². The molecule has 0 saturated heterocycles. The Morgan fingerprint density at radius 1 is 1.36 bits per heavy atom. The highest BCUT2D eigenvalue weighted by Gasteiger charge is 2.30. The van der Waals surface area contributed by atoms with Crippen molar-refractivity contribution in [3.63, 3.8) is 0 Å². The monoisotopic (exact) mass is 310 g/mol. The lowest BCUT2D eigenvalue weighted by Crippen LogP contribution is -2.08. The van der Waals surface area contributed by atoms with E-state index in [4.69, 9.17) is 11.0 Å². The molecular formula is C13H13F3N6. The van der Waals surface area contributed by atoms with Gasteiger partial charge in [0, 0.05) is 12.7 Å². The topological polar surface area (TPSA) is 103 Å². The average molecular weight is 310 g/mol. The number of nitrogens with one attached hydrogen (secondary N) is 2. The first-order valence-electron chi connectivity index (χ1n) is 6.41. The molecule has 4 N–H and O–H groups in total. The third kappa shape index (κ3) is 3.66. The lowest BCUT2D eigenvalue weighted by Gasteiger charge is -2.08.